The molecule has 2 aliphatic rings. The molecule has 0 radical (unpaired) electrons. The second kappa shape index (κ2) is 3.01. The summed E-state index contributed by atoms with van der Waals surface area (Å²) in [5.41, 5.74) is 0. The minimum atomic E-state index is -0.901. The fourth-order valence-electron chi connectivity index (χ4n) is 1.97. The number of halogens is 1. The van der Waals surface area contributed by atoms with Gasteiger partial charge < -0.3 is 10.0 Å². The summed E-state index contributed by atoms with van der Waals surface area (Å²) in [4.78, 5) is 24.0. The summed E-state index contributed by atoms with van der Waals surface area (Å²) in [6.07, 6.45) is 0. The third-order valence-electron chi connectivity index (χ3n) is 2.61. The molecule has 6 heteroatoms. The number of amides is 1. The van der Waals surface area contributed by atoms with Gasteiger partial charge in [-0.1, -0.05) is 22.6 Å². The van der Waals surface area contributed by atoms with Crippen molar-refractivity contribution < 1.29 is 14.7 Å². The third kappa shape index (κ3) is 1.19. The van der Waals surface area contributed by atoms with Crippen LogP contribution in [0.4, 0.5) is 0 Å². The van der Waals surface area contributed by atoms with Gasteiger partial charge in [-0.2, -0.15) is 0 Å². The Morgan fingerprint density at radius 1 is 1.64 bits per heavy atom. The standard InChI is InChI=1S/C8H10INO3S/c1-8(2)4(7(12)13)10-5(11)3(9)6(10)14-8/h3-4,6H,1-2H3,(H,12,13). The highest BCUT2D eigenvalue weighted by molar-refractivity contribution is 14.1. The van der Waals surface area contributed by atoms with Crippen LogP contribution >= 0.6 is 34.4 Å². The molecule has 2 fully saturated rings. The maximum atomic E-state index is 11.5. The maximum Gasteiger partial charge on any atom is 0.327 e. The number of carbonyl (C=O) groups excluding carboxylic acids is 1. The second-order valence-electron chi connectivity index (χ2n) is 4.00. The van der Waals surface area contributed by atoms with Gasteiger partial charge in [-0.25, -0.2) is 4.79 Å². The minimum absolute atomic E-state index is 0.0407. The molecule has 0 aromatic carbocycles. The lowest BCUT2D eigenvalue weighted by Crippen LogP contribution is -2.63. The molecule has 2 saturated heterocycles. The highest BCUT2D eigenvalue weighted by Crippen LogP contribution is 2.52. The quantitative estimate of drug-likeness (QED) is 0.442. The normalized spacial score (nSPS) is 39.2. The number of thioether (sulfide) groups is 1. The van der Waals surface area contributed by atoms with Crippen molar-refractivity contribution in [3.63, 3.8) is 0 Å². The number of β-lactam (4-membered cyclic amide) rings is 1. The van der Waals surface area contributed by atoms with Gasteiger partial charge in [-0.05, 0) is 13.8 Å². The summed E-state index contributed by atoms with van der Waals surface area (Å²) in [5, 5.41) is 9.12. The summed E-state index contributed by atoms with van der Waals surface area (Å²) in [7, 11) is 0. The van der Waals surface area contributed by atoms with E-state index in [-0.39, 0.29) is 20.0 Å². The third-order valence-corrected chi connectivity index (χ3v) is 5.88. The molecule has 0 bridgehead atoms. The van der Waals surface area contributed by atoms with Gasteiger partial charge >= 0.3 is 5.97 Å². The fourth-order valence-corrected chi connectivity index (χ4v) is 4.62. The smallest absolute Gasteiger partial charge is 0.327 e. The van der Waals surface area contributed by atoms with E-state index >= 15 is 0 Å². The molecule has 0 aromatic heterocycles. The van der Waals surface area contributed by atoms with Gasteiger partial charge in [0.2, 0.25) is 5.91 Å². The van der Waals surface area contributed by atoms with Gasteiger partial charge in [0.25, 0.3) is 0 Å². The van der Waals surface area contributed by atoms with Crippen LogP contribution in [0.2, 0.25) is 0 Å². The minimum Gasteiger partial charge on any atom is -0.480 e. The van der Waals surface area contributed by atoms with E-state index in [9.17, 15) is 9.59 Å². The van der Waals surface area contributed by atoms with Crippen LogP contribution in [0, 0.1) is 0 Å². The molecule has 2 aliphatic heterocycles. The number of hydrogen-bond acceptors (Lipinski definition) is 3. The van der Waals surface area contributed by atoms with Crippen molar-refractivity contribution in [1.82, 2.24) is 4.90 Å². The van der Waals surface area contributed by atoms with Gasteiger partial charge in [0.1, 0.15) is 15.3 Å². The first kappa shape index (κ1) is 10.5. The SMILES string of the molecule is CC1(C)SC2C(I)C(=O)N2C1C(=O)O. The van der Waals surface area contributed by atoms with Crippen molar-refractivity contribution in [2.45, 2.75) is 33.9 Å². The molecule has 4 nitrogen and oxygen atoms in total. The lowest BCUT2D eigenvalue weighted by Gasteiger charge is -2.40. The van der Waals surface area contributed by atoms with Crippen molar-refractivity contribution >= 4 is 46.2 Å². The van der Waals surface area contributed by atoms with Gasteiger partial charge in [0.15, 0.2) is 0 Å². The number of alkyl halides is 1. The maximum absolute atomic E-state index is 11.5. The van der Waals surface area contributed by atoms with Gasteiger partial charge in [0, 0.05) is 4.75 Å². The molecule has 2 heterocycles. The van der Waals surface area contributed by atoms with Crippen LogP contribution in [0.15, 0.2) is 0 Å². The molecule has 14 heavy (non-hydrogen) atoms. The molecule has 0 saturated carbocycles. The second-order valence-corrected chi connectivity index (χ2v) is 7.11. The van der Waals surface area contributed by atoms with E-state index in [0.29, 0.717) is 0 Å². The molecule has 1 amide bonds. The highest BCUT2D eigenvalue weighted by atomic mass is 127. The van der Waals surface area contributed by atoms with E-state index in [1.54, 1.807) is 11.8 Å². The van der Waals surface area contributed by atoms with Crippen molar-refractivity contribution in [2.24, 2.45) is 0 Å². The fraction of sp³-hybridized carbons (Fsp3) is 0.750. The lowest BCUT2D eigenvalue weighted by atomic mass is 9.98. The molecule has 0 aliphatic carbocycles. The van der Waals surface area contributed by atoms with Crippen LogP contribution in [0.5, 0.6) is 0 Å². The molecule has 1 N–H and O–H groups in total. The number of carboxylic acids is 1. The molecule has 2 rings (SSSR count). The highest BCUT2D eigenvalue weighted by Gasteiger charge is 2.62. The summed E-state index contributed by atoms with van der Waals surface area (Å²) in [6.45, 7) is 3.76. The summed E-state index contributed by atoms with van der Waals surface area (Å²) < 4.78 is -0.437. The van der Waals surface area contributed by atoms with E-state index in [2.05, 4.69) is 22.6 Å². The van der Waals surface area contributed by atoms with E-state index < -0.39 is 12.0 Å². The summed E-state index contributed by atoms with van der Waals surface area (Å²) in [5.74, 6) is -0.942. The summed E-state index contributed by atoms with van der Waals surface area (Å²) >= 11 is 3.66. The number of fused-ring (bicyclic) bond motifs is 1. The van der Waals surface area contributed by atoms with Crippen LogP contribution in [0.1, 0.15) is 13.8 Å². The zero-order valence-electron chi connectivity index (χ0n) is 7.73. The molecular weight excluding hydrogens is 317 g/mol. The van der Waals surface area contributed by atoms with E-state index in [0.717, 1.165) is 0 Å². The Morgan fingerprint density at radius 2 is 2.21 bits per heavy atom. The molecular formula is C8H10INO3S. The number of carboxylic acid groups (broad SMARTS) is 1. The molecule has 0 spiro atoms. The first-order valence-electron chi connectivity index (χ1n) is 4.23. The largest absolute Gasteiger partial charge is 0.480 e. The predicted molar refractivity (Wildman–Crippen MR) is 61.5 cm³/mol. The van der Waals surface area contributed by atoms with Crippen molar-refractivity contribution in [3.05, 3.63) is 0 Å². The van der Waals surface area contributed by atoms with Crippen LogP contribution in [0.25, 0.3) is 0 Å². The first-order chi connectivity index (χ1) is 6.36. The van der Waals surface area contributed by atoms with Crippen LogP contribution in [-0.4, -0.2) is 42.0 Å². The van der Waals surface area contributed by atoms with Crippen molar-refractivity contribution in [2.75, 3.05) is 0 Å². The lowest BCUT2D eigenvalue weighted by molar-refractivity contribution is -0.156. The zero-order chi connectivity index (χ0) is 10.7. The van der Waals surface area contributed by atoms with E-state index in [1.165, 1.54) is 4.90 Å². The topological polar surface area (TPSA) is 57.6 Å². The first-order valence-corrected chi connectivity index (χ1v) is 6.35. The summed E-state index contributed by atoms with van der Waals surface area (Å²) in [6, 6.07) is -0.670. The van der Waals surface area contributed by atoms with E-state index in [1.807, 2.05) is 13.8 Å². The Kier molecular flexibility index (Phi) is 2.26. The Hall–Kier alpha value is 0.0200. The number of hydrogen-bond donors (Lipinski definition) is 1. The monoisotopic (exact) mass is 327 g/mol. The Morgan fingerprint density at radius 3 is 2.71 bits per heavy atom. The van der Waals surface area contributed by atoms with Crippen LogP contribution in [-0.2, 0) is 9.59 Å². The molecule has 3 unspecified atom stereocenters. The average Bonchev–Trinajstić information content (AvgIpc) is 2.34. The Balaban J connectivity index is 2.32. The average molecular weight is 327 g/mol. The Labute approximate surface area is 99.5 Å². The number of nitrogens with zero attached hydrogens (tertiary/aromatic N) is 1. The molecule has 78 valence electrons. The van der Waals surface area contributed by atoms with Crippen LogP contribution < -0.4 is 0 Å². The van der Waals surface area contributed by atoms with Crippen molar-refractivity contribution in [1.29, 1.82) is 0 Å². The number of carbonyl (C=O) groups is 2. The predicted octanol–water partition coefficient (Wildman–Crippen LogP) is 0.937. The number of rotatable bonds is 1. The van der Waals surface area contributed by atoms with Gasteiger partial charge in [-0.15, -0.1) is 11.8 Å². The van der Waals surface area contributed by atoms with Gasteiger partial charge in [-0.3, -0.25) is 4.79 Å². The molecule has 3 atom stereocenters. The van der Waals surface area contributed by atoms with Gasteiger partial charge in [0.05, 0.1) is 0 Å². The number of aliphatic carboxylic acids is 1. The zero-order valence-corrected chi connectivity index (χ0v) is 10.7. The molecule has 0 aromatic rings. The van der Waals surface area contributed by atoms with Crippen LogP contribution in [0.3, 0.4) is 0 Å². The van der Waals surface area contributed by atoms with Crippen molar-refractivity contribution in [3.8, 4) is 0 Å². The van der Waals surface area contributed by atoms with E-state index in [4.69, 9.17) is 5.11 Å². The Bertz CT molecular complexity index is 320.